The number of halogens is 2. The predicted octanol–water partition coefficient (Wildman–Crippen LogP) is 2.04. The lowest BCUT2D eigenvalue weighted by Gasteiger charge is -2.34. The Hall–Kier alpha value is -2.53. The summed E-state index contributed by atoms with van der Waals surface area (Å²) in [4.78, 5) is 14.4. The van der Waals surface area contributed by atoms with Crippen molar-refractivity contribution in [3.8, 4) is 5.69 Å². The van der Waals surface area contributed by atoms with Gasteiger partial charge in [0.15, 0.2) is 0 Å². The number of sulfonamides is 1. The van der Waals surface area contributed by atoms with Gasteiger partial charge in [0, 0.05) is 26.2 Å². The molecule has 0 radical (unpaired) electrons. The van der Waals surface area contributed by atoms with Crippen LogP contribution in [0.3, 0.4) is 0 Å². The van der Waals surface area contributed by atoms with E-state index in [0.717, 1.165) is 11.3 Å². The van der Waals surface area contributed by atoms with E-state index in [-0.39, 0.29) is 35.3 Å². The van der Waals surface area contributed by atoms with Crippen LogP contribution in [0.15, 0.2) is 53.7 Å². The number of nitrogens with zero attached hydrogens (tertiary/aromatic N) is 6. The van der Waals surface area contributed by atoms with Gasteiger partial charge in [-0.05, 0) is 46.3 Å². The molecule has 1 amide bonds. The van der Waals surface area contributed by atoms with Gasteiger partial charge in [0.05, 0.1) is 27.0 Å². The van der Waals surface area contributed by atoms with E-state index in [2.05, 4.69) is 15.5 Å². The molecular formula is C19H18Cl2N6O3S. The summed E-state index contributed by atoms with van der Waals surface area (Å²) >= 11 is 11.8. The zero-order valence-electron chi connectivity index (χ0n) is 16.2. The van der Waals surface area contributed by atoms with Gasteiger partial charge in [0.1, 0.15) is 6.33 Å². The summed E-state index contributed by atoms with van der Waals surface area (Å²) in [5.41, 5.74) is 1.65. The fourth-order valence-electron chi connectivity index (χ4n) is 3.30. The number of hydrogen-bond donors (Lipinski definition) is 0. The topological polar surface area (TPSA) is 101 Å². The lowest BCUT2D eigenvalue weighted by Crippen LogP contribution is -2.50. The Labute approximate surface area is 189 Å². The Morgan fingerprint density at radius 1 is 0.968 bits per heavy atom. The molecule has 1 aliphatic heterocycles. The van der Waals surface area contributed by atoms with E-state index in [1.54, 1.807) is 4.90 Å². The maximum atomic E-state index is 12.9. The van der Waals surface area contributed by atoms with Gasteiger partial charge in [-0.15, -0.1) is 5.10 Å². The molecule has 2 heterocycles. The maximum absolute atomic E-state index is 12.9. The van der Waals surface area contributed by atoms with E-state index in [4.69, 9.17) is 23.2 Å². The van der Waals surface area contributed by atoms with Gasteiger partial charge in [0.2, 0.25) is 15.9 Å². The van der Waals surface area contributed by atoms with Crippen molar-refractivity contribution in [1.29, 1.82) is 0 Å². The summed E-state index contributed by atoms with van der Waals surface area (Å²) in [7, 11) is -3.70. The first-order chi connectivity index (χ1) is 14.8. The zero-order chi connectivity index (χ0) is 22.0. The van der Waals surface area contributed by atoms with Crippen LogP contribution in [0, 0.1) is 0 Å². The van der Waals surface area contributed by atoms with Gasteiger partial charge in [-0.3, -0.25) is 4.79 Å². The molecule has 0 unspecified atom stereocenters. The third kappa shape index (κ3) is 4.72. The summed E-state index contributed by atoms with van der Waals surface area (Å²) in [6, 6.07) is 11.6. The molecule has 0 spiro atoms. The lowest BCUT2D eigenvalue weighted by atomic mass is 10.1. The maximum Gasteiger partial charge on any atom is 0.243 e. The van der Waals surface area contributed by atoms with Crippen molar-refractivity contribution in [2.24, 2.45) is 0 Å². The highest BCUT2D eigenvalue weighted by Crippen LogP contribution is 2.27. The average Bonchev–Trinajstić information content (AvgIpc) is 3.31. The predicted molar refractivity (Wildman–Crippen MR) is 115 cm³/mol. The summed E-state index contributed by atoms with van der Waals surface area (Å²) in [5, 5.41) is 11.5. The Balaban J connectivity index is 1.36. The van der Waals surface area contributed by atoms with Crippen molar-refractivity contribution in [2.45, 2.75) is 11.3 Å². The minimum absolute atomic E-state index is 0.0539. The first-order valence-electron chi connectivity index (χ1n) is 9.40. The van der Waals surface area contributed by atoms with Gasteiger partial charge in [-0.2, -0.15) is 4.31 Å². The van der Waals surface area contributed by atoms with Gasteiger partial charge in [-0.1, -0.05) is 35.3 Å². The monoisotopic (exact) mass is 480 g/mol. The molecule has 31 heavy (non-hydrogen) atoms. The minimum Gasteiger partial charge on any atom is -0.340 e. The quantitative estimate of drug-likeness (QED) is 0.553. The van der Waals surface area contributed by atoms with Crippen LogP contribution in [-0.4, -0.2) is 69.9 Å². The van der Waals surface area contributed by atoms with E-state index >= 15 is 0 Å². The first kappa shape index (κ1) is 21.7. The van der Waals surface area contributed by atoms with Crippen molar-refractivity contribution in [3.05, 3.63) is 64.4 Å². The molecule has 0 atom stereocenters. The van der Waals surface area contributed by atoms with Crippen LogP contribution in [0.25, 0.3) is 5.69 Å². The van der Waals surface area contributed by atoms with E-state index < -0.39 is 10.0 Å². The van der Waals surface area contributed by atoms with Gasteiger partial charge < -0.3 is 4.90 Å². The molecule has 0 saturated carbocycles. The van der Waals surface area contributed by atoms with Crippen molar-refractivity contribution >= 4 is 39.1 Å². The molecule has 12 heteroatoms. The van der Waals surface area contributed by atoms with Gasteiger partial charge >= 0.3 is 0 Å². The normalized spacial score (nSPS) is 15.2. The highest BCUT2D eigenvalue weighted by Gasteiger charge is 2.30. The van der Waals surface area contributed by atoms with Crippen LogP contribution >= 0.6 is 23.2 Å². The second-order valence-corrected chi connectivity index (χ2v) is 9.71. The van der Waals surface area contributed by atoms with Crippen LogP contribution in [-0.2, 0) is 21.2 Å². The number of amides is 1. The van der Waals surface area contributed by atoms with Crippen molar-refractivity contribution in [3.63, 3.8) is 0 Å². The van der Waals surface area contributed by atoms with Gasteiger partial charge in [0.25, 0.3) is 0 Å². The Morgan fingerprint density at radius 2 is 1.68 bits per heavy atom. The molecule has 0 aliphatic carbocycles. The smallest absolute Gasteiger partial charge is 0.243 e. The number of aromatic nitrogens is 4. The third-order valence-corrected chi connectivity index (χ3v) is 7.66. The molecule has 1 saturated heterocycles. The highest BCUT2D eigenvalue weighted by molar-refractivity contribution is 7.89. The average molecular weight is 481 g/mol. The van der Waals surface area contributed by atoms with Crippen LogP contribution in [0.5, 0.6) is 0 Å². The fourth-order valence-corrected chi connectivity index (χ4v) is 5.11. The van der Waals surface area contributed by atoms with Gasteiger partial charge in [-0.25, -0.2) is 13.1 Å². The second-order valence-electron chi connectivity index (χ2n) is 6.96. The van der Waals surface area contributed by atoms with Crippen LogP contribution in [0.2, 0.25) is 10.0 Å². The summed E-state index contributed by atoms with van der Waals surface area (Å²) < 4.78 is 28.6. The van der Waals surface area contributed by atoms with Crippen LogP contribution in [0.4, 0.5) is 0 Å². The summed E-state index contributed by atoms with van der Waals surface area (Å²) in [6.45, 7) is 1.07. The standard InChI is InChI=1S/C19H18Cl2N6O3S/c20-17-6-5-16(12-18(17)21)31(29,30)26-9-7-25(8-10-26)19(28)11-14-1-3-15(4-2-14)27-13-22-23-24-27/h1-6,12-13H,7-11H2. The number of hydrogen-bond acceptors (Lipinski definition) is 6. The molecule has 1 aromatic heterocycles. The molecule has 0 bridgehead atoms. The molecule has 1 fully saturated rings. The minimum atomic E-state index is -3.70. The van der Waals surface area contributed by atoms with Crippen LogP contribution in [0.1, 0.15) is 5.56 Å². The number of piperazine rings is 1. The number of carbonyl (C=O) groups excluding carboxylic acids is 1. The largest absolute Gasteiger partial charge is 0.340 e. The third-order valence-electron chi connectivity index (χ3n) is 5.03. The zero-order valence-corrected chi connectivity index (χ0v) is 18.6. The highest BCUT2D eigenvalue weighted by atomic mass is 35.5. The van der Waals surface area contributed by atoms with E-state index in [0.29, 0.717) is 18.1 Å². The number of tetrazole rings is 1. The van der Waals surface area contributed by atoms with E-state index in [1.807, 2.05) is 24.3 Å². The summed E-state index contributed by atoms with van der Waals surface area (Å²) in [5.74, 6) is -0.0539. The number of carbonyl (C=O) groups is 1. The molecule has 9 nitrogen and oxygen atoms in total. The van der Waals surface area contributed by atoms with E-state index in [1.165, 1.54) is 33.5 Å². The first-order valence-corrected chi connectivity index (χ1v) is 11.6. The molecule has 2 aromatic carbocycles. The summed E-state index contributed by atoms with van der Waals surface area (Å²) in [6.07, 6.45) is 1.72. The fraction of sp³-hybridized carbons (Fsp3) is 0.263. The van der Waals surface area contributed by atoms with E-state index in [9.17, 15) is 13.2 Å². The number of benzene rings is 2. The Morgan fingerprint density at radius 3 is 2.29 bits per heavy atom. The van der Waals surface area contributed by atoms with Crippen molar-refractivity contribution < 1.29 is 13.2 Å². The second kappa shape index (κ2) is 8.91. The SMILES string of the molecule is O=C(Cc1ccc(-n2cnnn2)cc1)N1CCN(S(=O)(=O)c2ccc(Cl)c(Cl)c2)CC1. The Bertz CT molecular complexity index is 1180. The Kier molecular flexibility index (Phi) is 6.24. The molecule has 0 N–H and O–H groups in total. The molecule has 3 aromatic rings. The van der Waals surface area contributed by atoms with Crippen LogP contribution < -0.4 is 0 Å². The lowest BCUT2D eigenvalue weighted by molar-refractivity contribution is -0.131. The molecule has 4 rings (SSSR count). The van der Waals surface area contributed by atoms with Crippen molar-refractivity contribution in [2.75, 3.05) is 26.2 Å². The molecule has 162 valence electrons. The van der Waals surface area contributed by atoms with Crippen molar-refractivity contribution in [1.82, 2.24) is 29.4 Å². The molecular weight excluding hydrogens is 463 g/mol. The number of rotatable bonds is 5. The molecule has 1 aliphatic rings.